The van der Waals surface area contributed by atoms with Crippen LogP contribution in [-0.2, 0) is 0 Å². The molecule has 21 heavy (non-hydrogen) atoms. The van der Waals surface area contributed by atoms with E-state index in [9.17, 15) is 13.6 Å². The molecule has 0 aliphatic rings. The van der Waals surface area contributed by atoms with Crippen molar-refractivity contribution in [3.8, 4) is 0 Å². The van der Waals surface area contributed by atoms with Crippen molar-refractivity contribution in [1.29, 1.82) is 0 Å². The van der Waals surface area contributed by atoms with Crippen LogP contribution in [0.15, 0.2) is 24.4 Å². The normalized spacial score (nSPS) is 10.8. The fraction of sp³-hybridized carbons (Fsp3) is 0.286. The number of anilines is 2. The molecule has 1 aromatic heterocycles. The van der Waals surface area contributed by atoms with Crippen LogP contribution in [0.25, 0.3) is 0 Å². The molecule has 2 aromatic rings. The van der Waals surface area contributed by atoms with Crippen molar-refractivity contribution in [3.05, 3.63) is 41.6 Å². The topological polar surface area (TPSA) is 59.0 Å². The lowest BCUT2D eigenvalue weighted by Gasteiger charge is -2.12. The van der Waals surface area contributed by atoms with Crippen molar-refractivity contribution in [3.63, 3.8) is 0 Å². The van der Waals surface area contributed by atoms with E-state index in [1.165, 1.54) is 7.05 Å². The molecule has 1 amide bonds. The van der Waals surface area contributed by atoms with Gasteiger partial charge in [-0.3, -0.25) is 4.79 Å². The summed E-state index contributed by atoms with van der Waals surface area (Å²) in [6.07, 6.45) is 1.54. The summed E-state index contributed by atoms with van der Waals surface area (Å²) >= 11 is 0. The van der Waals surface area contributed by atoms with Crippen LogP contribution < -0.4 is 10.6 Å². The first kappa shape index (κ1) is 15.0. The van der Waals surface area contributed by atoms with Gasteiger partial charge in [0.05, 0.1) is 6.20 Å². The second kappa shape index (κ2) is 5.90. The molecule has 0 unspecified atom stereocenters. The first-order valence-electron chi connectivity index (χ1n) is 6.45. The van der Waals surface area contributed by atoms with Gasteiger partial charge in [-0.25, -0.2) is 13.5 Å². The van der Waals surface area contributed by atoms with Crippen LogP contribution in [0, 0.1) is 11.6 Å². The zero-order valence-corrected chi connectivity index (χ0v) is 11.9. The van der Waals surface area contributed by atoms with Gasteiger partial charge >= 0.3 is 0 Å². The minimum absolute atomic E-state index is 0.0513. The van der Waals surface area contributed by atoms with Gasteiger partial charge in [0.2, 0.25) is 0 Å². The Morgan fingerprint density at radius 3 is 2.43 bits per heavy atom. The van der Waals surface area contributed by atoms with Gasteiger partial charge < -0.3 is 10.6 Å². The number of nitrogens with one attached hydrogen (secondary N) is 2. The van der Waals surface area contributed by atoms with E-state index in [1.807, 2.05) is 13.8 Å². The van der Waals surface area contributed by atoms with E-state index in [1.54, 1.807) is 16.9 Å². The van der Waals surface area contributed by atoms with E-state index >= 15 is 0 Å². The summed E-state index contributed by atoms with van der Waals surface area (Å²) in [6, 6.07) is 3.64. The number of amides is 1. The maximum atomic E-state index is 13.7. The van der Waals surface area contributed by atoms with Crippen LogP contribution in [0.5, 0.6) is 0 Å². The summed E-state index contributed by atoms with van der Waals surface area (Å²) in [6.45, 7) is 3.81. The van der Waals surface area contributed by atoms with Crippen molar-refractivity contribution >= 4 is 17.4 Å². The maximum Gasteiger partial charge on any atom is 0.257 e. The Bertz CT molecular complexity index is 644. The molecule has 7 heteroatoms. The molecule has 0 fully saturated rings. The average Bonchev–Trinajstić information content (AvgIpc) is 2.86. The molecule has 0 saturated carbocycles. The van der Waals surface area contributed by atoms with Gasteiger partial charge in [0.1, 0.15) is 23.1 Å². The van der Waals surface area contributed by atoms with E-state index < -0.39 is 17.5 Å². The largest absolute Gasteiger partial charge is 0.383 e. The quantitative estimate of drug-likeness (QED) is 0.911. The highest BCUT2D eigenvalue weighted by Crippen LogP contribution is 2.21. The molecule has 0 aliphatic heterocycles. The van der Waals surface area contributed by atoms with E-state index in [-0.39, 0.29) is 17.3 Å². The van der Waals surface area contributed by atoms with Gasteiger partial charge in [-0.2, -0.15) is 5.10 Å². The van der Waals surface area contributed by atoms with Crippen LogP contribution in [0.3, 0.4) is 0 Å². The first-order valence-corrected chi connectivity index (χ1v) is 6.45. The van der Waals surface area contributed by atoms with Gasteiger partial charge in [-0.1, -0.05) is 0 Å². The molecule has 5 nitrogen and oxygen atoms in total. The fourth-order valence-electron chi connectivity index (χ4n) is 1.96. The van der Waals surface area contributed by atoms with E-state index in [0.29, 0.717) is 5.82 Å². The number of nitrogens with zero attached hydrogens (tertiary/aromatic N) is 2. The van der Waals surface area contributed by atoms with Gasteiger partial charge in [0.15, 0.2) is 0 Å². The molecule has 112 valence electrons. The van der Waals surface area contributed by atoms with E-state index in [0.717, 1.165) is 12.1 Å². The Morgan fingerprint density at radius 1 is 1.29 bits per heavy atom. The number of carbonyl (C=O) groups excluding carboxylic acids is 1. The second-order valence-corrected chi connectivity index (χ2v) is 4.77. The molecule has 1 aromatic carbocycles. The highest BCUT2D eigenvalue weighted by atomic mass is 19.1. The van der Waals surface area contributed by atoms with Crippen molar-refractivity contribution < 1.29 is 13.6 Å². The van der Waals surface area contributed by atoms with Crippen LogP contribution >= 0.6 is 0 Å². The van der Waals surface area contributed by atoms with Crippen LogP contribution in [0.4, 0.5) is 20.3 Å². The number of halogens is 2. The zero-order chi connectivity index (χ0) is 15.6. The molecular formula is C14H16F2N4O. The predicted molar refractivity (Wildman–Crippen MR) is 76.5 cm³/mol. The standard InChI is InChI=1S/C14H16F2N4O/c1-8(2)20-12(4-5-18-20)19-14(21)9-6-10(15)13(17-3)11(16)7-9/h4-8,17H,1-3H3,(H,19,21). The second-order valence-electron chi connectivity index (χ2n) is 4.77. The van der Waals surface area contributed by atoms with E-state index in [4.69, 9.17) is 0 Å². The molecule has 0 atom stereocenters. The lowest BCUT2D eigenvalue weighted by atomic mass is 10.1. The summed E-state index contributed by atoms with van der Waals surface area (Å²) in [5.41, 5.74) is -0.362. The Morgan fingerprint density at radius 2 is 1.90 bits per heavy atom. The summed E-state index contributed by atoms with van der Waals surface area (Å²) in [7, 11) is 1.41. The molecule has 0 aliphatic carbocycles. The Balaban J connectivity index is 2.27. The number of hydrogen-bond acceptors (Lipinski definition) is 3. The summed E-state index contributed by atoms with van der Waals surface area (Å²) in [5.74, 6) is -1.77. The van der Waals surface area contributed by atoms with Crippen molar-refractivity contribution in [2.24, 2.45) is 0 Å². The third-order valence-electron chi connectivity index (χ3n) is 2.96. The van der Waals surface area contributed by atoms with E-state index in [2.05, 4.69) is 15.7 Å². The summed E-state index contributed by atoms with van der Waals surface area (Å²) < 4.78 is 28.9. The van der Waals surface area contributed by atoms with Crippen molar-refractivity contribution in [1.82, 2.24) is 9.78 Å². The van der Waals surface area contributed by atoms with Crippen molar-refractivity contribution in [2.75, 3.05) is 17.7 Å². The molecule has 0 radical (unpaired) electrons. The monoisotopic (exact) mass is 294 g/mol. The zero-order valence-electron chi connectivity index (χ0n) is 11.9. The van der Waals surface area contributed by atoms with Crippen LogP contribution in [-0.4, -0.2) is 22.7 Å². The molecule has 0 saturated heterocycles. The van der Waals surface area contributed by atoms with Crippen LogP contribution in [0.2, 0.25) is 0 Å². The molecular weight excluding hydrogens is 278 g/mol. The minimum Gasteiger partial charge on any atom is -0.383 e. The minimum atomic E-state index is -0.819. The third kappa shape index (κ3) is 3.01. The first-order chi connectivity index (χ1) is 9.93. The lowest BCUT2D eigenvalue weighted by Crippen LogP contribution is -2.17. The van der Waals surface area contributed by atoms with Gasteiger partial charge in [0, 0.05) is 24.7 Å². The summed E-state index contributed by atoms with van der Waals surface area (Å²) in [4.78, 5) is 12.1. The number of benzene rings is 1. The number of aromatic nitrogens is 2. The van der Waals surface area contributed by atoms with Gasteiger partial charge in [-0.05, 0) is 26.0 Å². The number of hydrogen-bond donors (Lipinski definition) is 2. The molecule has 1 heterocycles. The smallest absolute Gasteiger partial charge is 0.257 e. The predicted octanol–water partition coefficient (Wildman–Crippen LogP) is 3.04. The Kier molecular flexibility index (Phi) is 4.21. The molecule has 0 spiro atoms. The fourth-order valence-corrected chi connectivity index (χ4v) is 1.96. The lowest BCUT2D eigenvalue weighted by molar-refractivity contribution is 0.102. The maximum absolute atomic E-state index is 13.7. The van der Waals surface area contributed by atoms with Gasteiger partial charge in [-0.15, -0.1) is 0 Å². The Labute approximate surface area is 121 Å². The summed E-state index contributed by atoms with van der Waals surface area (Å²) in [5, 5.41) is 9.06. The SMILES string of the molecule is CNc1c(F)cc(C(=O)Nc2ccnn2C(C)C)cc1F. The number of rotatable bonds is 4. The Hall–Kier alpha value is -2.44. The molecule has 0 bridgehead atoms. The highest BCUT2D eigenvalue weighted by Gasteiger charge is 2.16. The molecule has 2 N–H and O–H groups in total. The van der Waals surface area contributed by atoms with Gasteiger partial charge in [0.25, 0.3) is 5.91 Å². The third-order valence-corrected chi connectivity index (χ3v) is 2.96. The highest BCUT2D eigenvalue weighted by molar-refractivity contribution is 6.04. The van der Waals surface area contributed by atoms with Crippen LogP contribution in [0.1, 0.15) is 30.2 Å². The number of carbonyl (C=O) groups is 1. The van der Waals surface area contributed by atoms with Crippen molar-refractivity contribution in [2.45, 2.75) is 19.9 Å². The molecule has 2 rings (SSSR count). The average molecular weight is 294 g/mol.